The first kappa shape index (κ1) is 32.9. The molecule has 0 aliphatic carbocycles. The fourth-order valence-electron chi connectivity index (χ4n) is 5.14. The summed E-state index contributed by atoms with van der Waals surface area (Å²) >= 11 is 5.77. The van der Waals surface area contributed by atoms with E-state index in [4.69, 9.17) is 16.4 Å². The van der Waals surface area contributed by atoms with Crippen LogP contribution in [-0.4, -0.2) is 54.0 Å². The molecule has 0 atom stereocenters. The first-order valence-electron chi connectivity index (χ1n) is 14.8. The number of halogens is 2. The number of rotatable bonds is 15. The molecule has 5 rings (SSSR count). The third kappa shape index (κ3) is 7.47. The third-order valence-corrected chi connectivity index (χ3v) is 9.52. The molecule has 0 unspecified atom stereocenters. The van der Waals surface area contributed by atoms with E-state index in [1.165, 1.54) is 24.0 Å². The molecule has 0 spiro atoms. The summed E-state index contributed by atoms with van der Waals surface area (Å²) in [6.45, 7) is 8.63. The topological polar surface area (TPSA) is 110 Å². The van der Waals surface area contributed by atoms with Gasteiger partial charge >= 0.3 is 6.47 Å². The number of benzene rings is 3. The second-order valence-electron chi connectivity index (χ2n) is 10.5. The predicted molar refractivity (Wildman–Crippen MR) is 178 cm³/mol. The van der Waals surface area contributed by atoms with Crippen molar-refractivity contribution in [1.82, 2.24) is 19.4 Å². The van der Waals surface area contributed by atoms with Crippen molar-refractivity contribution < 1.29 is 22.4 Å². The van der Waals surface area contributed by atoms with Gasteiger partial charge in [0.05, 0.1) is 21.3 Å². The van der Waals surface area contributed by atoms with E-state index in [0.717, 1.165) is 73.9 Å². The van der Waals surface area contributed by atoms with E-state index in [2.05, 4.69) is 63.0 Å². The number of nitrogens with one attached hydrogen (secondary N) is 1. The van der Waals surface area contributed by atoms with E-state index < -0.39 is 15.8 Å². The summed E-state index contributed by atoms with van der Waals surface area (Å²) in [5, 5.41) is 3.93. The largest absolute Gasteiger partial charge is 0.347 e. The number of nitrogens with zero attached hydrogens (tertiary/aromatic N) is 5. The van der Waals surface area contributed by atoms with Crippen LogP contribution in [0.15, 0.2) is 90.2 Å². The van der Waals surface area contributed by atoms with Crippen LogP contribution >= 0.6 is 11.6 Å². The lowest BCUT2D eigenvalue weighted by Crippen LogP contribution is -2.30. The first-order valence-corrected chi connectivity index (χ1v) is 16.7. The zero-order chi connectivity index (χ0) is 32.7. The minimum absolute atomic E-state index is 0.0158. The average molecular weight is 665 g/mol. The molecule has 0 amide bonds. The van der Waals surface area contributed by atoms with Gasteiger partial charge in [0.25, 0.3) is 10.0 Å². The van der Waals surface area contributed by atoms with Crippen molar-refractivity contribution >= 4 is 56.2 Å². The molecule has 0 aliphatic heterocycles. The van der Waals surface area contributed by atoms with Crippen LogP contribution in [0.2, 0.25) is 5.02 Å². The van der Waals surface area contributed by atoms with Gasteiger partial charge in [0.2, 0.25) is 0 Å². The van der Waals surface area contributed by atoms with Crippen LogP contribution in [0.3, 0.4) is 0 Å². The molecule has 5 aromatic rings. The Kier molecular flexibility index (Phi) is 10.5. The molecular formula is C33H34ClFN6O4S. The minimum atomic E-state index is -4.40. The zero-order valence-corrected chi connectivity index (χ0v) is 27.0. The Bertz CT molecular complexity index is 1920. The van der Waals surface area contributed by atoms with Gasteiger partial charge in [-0.3, -0.25) is 4.79 Å². The van der Waals surface area contributed by atoms with Gasteiger partial charge in [-0.2, -0.15) is 8.42 Å². The highest BCUT2D eigenvalue weighted by Gasteiger charge is 2.28. The molecule has 0 saturated heterocycles. The van der Waals surface area contributed by atoms with E-state index in [0.29, 0.717) is 16.0 Å². The van der Waals surface area contributed by atoms with E-state index >= 15 is 0 Å². The molecule has 240 valence electrons. The standard InChI is InChI=1S/C33H34ClFN6O4S/c1-3-39(4-2)16-5-6-17-40-18-15-25-19-24(7-14-32(25)40)31-21-33(37-22-36-31)38-26-8-10-27(11-9-26)41(45-23-42)46(43,44)28-12-13-30(35)29(34)20-28/h7-15,18-23H,3-6,16-17H2,1-2H3,(H,36,37,38). The minimum Gasteiger partial charge on any atom is -0.347 e. The van der Waals surface area contributed by atoms with Gasteiger partial charge in [-0.15, -0.1) is 0 Å². The molecule has 3 aromatic carbocycles. The lowest BCUT2D eigenvalue weighted by molar-refractivity contribution is -0.128. The van der Waals surface area contributed by atoms with Crippen LogP contribution < -0.4 is 9.79 Å². The monoisotopic (exact) mass is 664 g/mol. The Morgan fingerprint density at radius 1 is 0.978 bits per heavy atom. The van der Waals surface area contributed by atoms with E-state index in [1.807, 2.05) is 12.1 Å². The maximum absolute atomic E-state index is 13.6. The number of sulfonamides is 1. The Labute approximate surface area is 272 Å². The van der Waals surface area contributed by atoms with Crippen LogP contribution in [0.5, 0.6) is 0 Å². The maximum Gasteiger partial charge on any atom is 0.322 e. The highest BCUT2D eigenvalue weighted by atomic mass is 35.5. The second kappa shape index (κ2) is 14.7. The van der Waals surface area contributed by atoms with Gasteiger partial charge < -0.3 is 19.6 Å². The maximum atomic E-state index is 13.6. The summed E-state index contributed by atoms with van der Waals surface area (Å²) in [5.41, 5.74) is 3.48. The van der Waals surface area contributed by atoms with Gasteiger partial charge in [-0.25, -0.2) is 14.4 Å². The molecule has 1 N–H and O–H groups in total. The lowest BCUT2D eigenvalue weighted by Gasteiger charge is -2.21. The molecule has 13 heteroatoms. The summed E-state index contributed by atoms with van der Waals surface area (Å²) in [7, 11) is -4.40. The van der Waals surface area contributed by atoms with Crippen LogP contribution in [0.4, 0.5) is 21.6 Å². The van der Waals surface area contributed by atoms with Crippen molar-refractivity contribution in [3.8, 4) is 11.3 Å². The van der Waals surface area contributed by atoms with Crippen LogP contribution in [0.25, 0.3) is 22.2 Å². The van der Waals surface area contributed by atoms with Crippen molar-refractivity contribution in [3.63, 3.8) is 0 Å². The van der Waals surface area contributed by atoms with E-state index in [-0.39, 0.29) is 22.1 Å². The number of carbonyl (C=O) groups is 1. The summed E-state index contributed by atoms with van der Waals surface area (Å²) in [4.78, 5) is 26.8. The molecule has 2 aromatic heterocycles. The molecule has 0 aliphatic rings. The summed E-state index contributed by atoms with van der Waals surface area (Å²) in [6.07, 6.45) is 5.88. The lowest BCUT2D eigenvalue weighted by atomic mass is 10.1. The van der Waals surface area contributed by atoms with Gasteiger partial charge in [0.1, 0.15) is 18.0 Å². The number of carbonyl (C=O) groups excluding carboxylic acids is 1. The number of anilines is 3. The normalized spacial score (nSPS) is 11.6. The second-order valence-corrected chi connectivity index (χ2v) is 12.6. The van der Waals surface area contributed by atoms with Crippen LogP contribution in [0, 0.1) is 5.82 Å². The van der Waals surface area contributed by atoms with Crippen molar-refractivity contribution in [2.45, 2.75) is 38.1 Å². The summed E-state index contributed by atoms with van der Waals surface area (Å²) in [6, 6.07) is 19.2. The molecule has 46 heavy (non-hydrogen) atoms. The van der Waals surface area contributed by atoms with Crippen LogP contribution in [0.1, 0.15) is 26.7 Å². The number of aryl methyl sites for hydroxylation is 1. The predicted octanol–water partition coefficient (Wildman–Crippen LogP) is 7.04. The fourth-order valence-corrected chi connectivity index (χ4v) is 6.63. The van der Waals surface area contributed by atoms with E-state index in [9.17, 15) is 17.6 Å². The molecule has 0 bridgehead atoms. The third-order valence-electron chi connectivity index (χ3n) is 7.65. The summed E-state index contributed by atoms with van der Waals surface area (Å²) in [5.74, 6) is -0.253. The van der Waals surface area contributed by atoms with Gasteiger partial charge in [-0.05, 0) is 93.1 Å². The fraction of sp³-hybridized carbons (Fsp3) is 0.242. The molecule has 0 fully saturated rings. The molecule has 2 heterocycles. The molecule has 0 saturated carbocycles. The molecule has 10 nitrogen and oxygen atoms in total. The molecular weight excluding hydrogens is 631 g/mol. The SMILES string of the molecule is CCN(CC)CCCCn1ccc2cc(-c3cc(Nc4ccc(N(OC=O)S(=O)(=O)c5ccc(F)c(Cl)c5)cc4)ncn3)ccc21. The van der Waals surface area contributed by atoms with Crippen molar-refractivity contribution in [3.05, 3.63) is 96.2 Å². The molecule has 0 radical (unpaired) electrons. The van der Waals surface area contributed by atoms with E-state index in [1.54, 1.807) is 12.1 Å². The smallest absolute Gasteiger partial charge is 0.322 e. The Morgan fingerprint density at radius 3 is 2.48 bits per heavy atom. The average Bonchev–Trinajstić information content (AvgIpc) is 3.47. The van der Waals surface area contributed by atoms with Crippen molar-refractivity contribution in [1.29, 1.82) is 0 Å². The number of hydrogen-bond donors (Lipinski definition) is 1. The number of hydrogen-bond acceptors (Lipinski definition) is 8. The van der Waals surface area contributed by atoms with Gasteiger partial charge in [0, 0.05) is 41.0 Å². The van der Waals surface area contributed by atoms with Crippen LogP contribution in [-0.2, 0) is 26.2 Å². The quantitative estimate of drug-likeness (QED) is 0.0721. The zero-order valence-electron chi connectivity index (χ0n) is 25.4. The summed E-state index contributed by atoms with van der Waals surface area (Å²) < 4.78 is 42.6. The van der Waals surface area contributed by atoms with Gasteiger partial charge in [-0.1, -0.05) is 36.0 Å². The van der Waals surface area contributed by atoms with Gasteiger partial charge in [0.15, 0.2) is 0 Å². The number of aromatic nitrogens is 3. The van der Waals surface area contributed by atoms with Crippen molar-refractivity contribution in [2.75, 3.05) is 29.4 Å². The Hall–Kier alpha value is -4.52. The highest BCUT2D eigenvalue weighted by Crippen LogP contribution is 2.29. The van der Waals surface area contributed by atoms with Crippen molar-refractivity contribution in [2.24, 2.45) is 0 Å². The number of fused-ring (bicyclic) bond motifs is 1. The Morgan fingerprint density at radius 2 is 1.76 bits per heavy atom. The Balaban J connectivity index is 1.28. The first-order chi connectivity index (χ1) is 22.2. The highest BCUT2D eigenvalue weighted by molar-refractivity contribution is 7.92. The number of unbranched alkanes of at least 4 members (excludes halogenated alkanes) is 1.